The molecule has 0 aliphatic carbocycles. The van der Waals surface area contributed by atoms with Gasteiger partial charge in [-0.1, -0.05) is 6.42 Å². The van der Waals surface area contributed by atoms with E-state index in [1.807, 2.05) is 0 Å². The van der Waals surface area contributed by atoms with Crippen molar-refractivity contribution in [3.05, 3.63) is 53.6 Å². The summed E-state index contributed by atoms with van der Waals surface area (Å²) in [6, 6.07) is 6.86. The second-order valence-corrected chi connectivity index (χ2v) is 7.64. The van der Waals surface area contributed by atoms with Gasteiger partial charge in [0.1, 0.15) is 17.8 Å². The van der Waals surface area contributed by atoms with Crippen molar-refractivity contribution in [2.45, 2.75) is 25.4 Å². The van der Waals surface area contributed by atoms with E-state index >= 15 is 0 Å². The average molecular weight is 482 g/mol. The third-order valence-electron chi connectivity index (χ3n) is 5.10. The van der Waals surface area contributed by atoms with E-state index in [4.69, 9.17) is 5.11 Å². The van der Waals surface area contributed by atoms with Gasteiger partial charge in [-0.2, -0.15) is 18.3 Å². The first-order valence-electron chi connectivity index (χ1n) is 10.5. The number of alkyl halides is 3. The van der Waals surface area contributed by atoms with Crippen LogP contribution in [0.1, 0.15) is 35.4 Å². The Bertz CT molecular complexity index is 1080. The van der Waals surface area contributed by atoms with E-state index in [-0.39, 0.29) is 17.0 Å². The Balaban J connectivity index is 0.000000286. The fraction of sp³-hybridized carbons (Fsp3) is 0.391. The molecule has 0 amide bonds. The molecule has 184 valence electrons. The summed E-state index contributed by atoms with van der Waals surface area (Å²) in [4.78, 5) is 27.4. The standard InChI is InChI=1S/C14H7F4N3O.C8H15NO.CH4O/c15-9-3-1-8(2-4-9)11-6-12(14(16,17)18)21-13(19-11)5-10(7-22)20-21;1-9-5-3-2-4-8(6-9)7-10;1-2/h1-7H;7-8H,2-6H2,1H3;2H,1H3. The molecule has 0 saturated carbocycles. The number of benzene rings is 1. The van der Waals surface area contributed by atoms with Gasteiger partial charge in [0, 0.05) is 31.2 Å². The second kappa shape index (κ2) is 12.3. The molecule has 4 rings (SSSR count). The molecule has 1 aliphatic heterocycles. The quantitative estimate of drug-likeness (QED) is 0.450. The minimum Gasteiger partial charge on any atom is -0.400 e. The molecule has 1 unspecified atom stereocenters. The number of carbonyl (C=O) groups is 2. The zero-order valence-corrected chi connectivity index (χ0v) is 18.8. The molecule has 1 fully saturated rings. The van der Waals surface area contributed by atoms with Gasteiger partial charge in [-0.05, 0) is 56.8 Å². The number of aromatic nitrogens is 3. The average Bonchev–Trinajstić information content (AvgIpc) is 3.13. The number of fused-ring (bicyclic) bond motifs is 1. The number of nitrogens with zero attached hydrogens (tertiary/aromatic N) is 4. The van der Waals surface area contributed by atoms with Crippen LogP contribution in [-0.2, 0) is 11.0 Å². The molecule has 34 heavy (non-hydrogen) atoms. The number of carbonyl (C=O) groups excluding carboxylic acids is 2. The van der Waals surface area contributed by atoms with Crippen LogP contribution in [0.25, 0.3) is 16.9 Å². The largest absolute Gasteiger partial charge is 0.433 e. The van der Waals surface area contributed by atoms with Crippen LogP contribution in [-0.4, -0.2) is 64.4 Å². The smallest absolute Gasteiger partial charge is 0.400 e. The highest BCUT2D eigenvalue weighted by molar-refractivity contribution is 5.75. The van der Waals surface area contributed by atoms with E-state index in [9.17, 15) is 27.2 Å². The lowest BCUT2D eigenvalue weighted by molar-refractivity contribution is -0.142. The van der Waals surface area contributed by atoms with Gasteiger partial charge >= 0.3 is 6.18 Å². The molecule has 11 heteroatoms. The Morgan fingerprint density at radius 2 is 1.76 bits per heavy atom. The lowest BCUT2D eigenvalue weighted by atomic mass is 10.1. The van der Waals surface area contributed by atoms with Crippen LogP contribution in [0, 0.1) is 11.7 Å². The molecule has 3 heterocycles. The number of likely N-dealkylation sites (tertiary alicyclic amines) is 1. The molecule has 7 nitrogen and oxygen atoms in total. The predicted molar refractivity (Wildman–Crippen MR) is 118 cm³/mol. The molecule has 3 aromatic rings. The molecule has 1 aliphatic rings. The van der Waals surface area contributed by atoms with Crippen molar-refractivity contribution in [2.75, 3.05) is 27.2 Å². The first kappa shape index (κ1) is 27.1. The lowest BCUT2D eigenvalue weighted by Gasteiger charge is -2.14. The van der Waals surface area contributed by atoms with Crippen molar-refractivity contribution in [1.82, 2.24) is 19.5 Å². The number of hydrogen-bond donors (Lipinski definition) is 1. The summed E-state index contributed by atoms with van der Waals surface area (Å²) < 4.78 is 52.9. The molecule has 1 atom stereocenters. The van der Waals surface area contributed by atoms with E-state index in [1.165, 1.54) is 25.0 Å². The molecule has 1 saturated heterocycles. The van der Waals surface area contributed by atoms with Crippen LogP contribution in [0.2, 0.25) is 0 Å². The Hall–Kier alpha value is -3.18. The highest BCUT2D eigenvalue weighted by atomic mass is 19.4. The third-order valence-corrected chi connectivity index (χ3v) is 5.10. The fourth-order valence-corrected chi connectivity index (χ4v) is 3.50. The van der Waals surface area contributed by atoms with Crippen molar-refractivity contribution in [1.29, 1.82) is 0 Å². The summed E-state index contributed by atoms with van der Waals surface area (Å²) in [5, 5.41) is 10.6. The zero-order chi connectivity index (χ0) is 25.3. The summed E-state index contributed by atoms with van der Waals surface area (Å²) in [7, 11) is 3.09. The molecular weight excluding hydrogens is 456 g/mol. The van der Waals surface area contributed by atoms with Gasteiger partial charge in [0.05, 0.1) is 5.69 Å². The molecule has 0 spiro atoms. The second-order valence-electron chi connectivity index (χ2n) is 7.64. The van der Waals surface area contributed by atoms with Crippen molar-refractivity contribution in [3.63, 3.8) is 0 Å². The molecule has 1 aromatic carbocycles. The van der Waals surface area contributed by atoms with Gasteiger partial charge in [0.15, 0.2) is 17.6 Å². The van der Waals surface area contributed by atoms with Crippen LogP contribution in [0.4, 0.5) is 17.6 Å². The Morgan fingerprint density at radius 1 is 1.09 bits per heavy atom. The monoisotopic (exact) mass is 482 g/mol. The van der Waals surface area contributed by atoms with Crippen LogP contribution in [0.3, 0.4) is 0 Å². The van der Waals surface area contributed by atoms with Crippen molar-refractivity contribution < 1.29 is 32.3 Å². The Kier molecular flexibility index (Phi) is 9.82. The van der Waals surface area contributed by atoms with E-state index in [0.717, 1.165) is 57.2 Å². The van der Waals surface area contributed by atoms with E-state index < -0.39 is 17.7 Å². The van der Waals surface area contributed by atoms with Gasteiger partial charge in [-0.25, -0.2) is 13.9 Å². The topological polar surface area (TPSA) is 87.8 Å². The number of halogens is 4. The van der Waals surface area contributed by atoms with Crippen LogP contribution < -0.4 is 0 Å². The Labute approximate surface area is 194 Å². The minimum atomic E-state index is -4.68. The SMILES string of the molecule is CN1CCCCC(C=O)C1.CO.O=Cc1cc2nc(-c3ccc(F)cc3)cc(C(F)(F)F)n2n1. The van der Waals surface area contributed by atoms with E-state index in [1.54, 1.807) is 0 Å². The Morgan fingerprint density at radius 3 is 2.35 bits per heavy atom. The molecule has 0 bridgehead atoms. The number of aliphatic hydroxyl groups is 1. The first-order chi connectivity index (χ1) is 16.2. The van der Waals surface area contributed by atoms with Gasteiger partial charge in [0.25, 0.3) is 0 Å². The van der Waals surface area contributed by atoms with E-state index in [2.05, 4.69) is 22.0 Å². The normalized spacial score (nSPS) is 16.5. The zero-order valence-electron chi connectivity index (χ0n) is 18.8. The van der Waals surface area contributed by atoms with Gasteiger partial charge in [-0.15, -0.1) is 0 Å². The minimum absolute atomic E-state index is 0.0113. The summed E-state index contributed by atoms with van der Waals surface area (Å²) in [6.07, 6.45) is 0.318. The maximum atomic E-state index is 13.2. The van der Waals surface area contributed by atoms with Crippen LogP contribution >= 0.6 is 0 Å². The predicted octanol–water partition coefficient (Wildman–Crippen LogP) is 3.89. The summed E-state index contributed by atoms with van der Waals surface area (Å²) in [6.45, 7) is 2.12. The first-order valence-corrected chi connectivity index (χ1v) is 10.5. The fourth-order valence-electron chi connectivity index (χ4n) is 3.50. The molecule has 2 aromatic heterocycles. The maximum Gasteiger partial charge on any atom is 0.433 e. The summed E-state index contributed by atoms with van der Waals surface area (Å²) in [5.41, 5.74) is -1.00. The number of rotatable bonds is 3. The number of hydrogen-bond acceptors (Lipinski definition) is 6. The van der Waals surface area contributed by atoms with Crippen molar-refractivity contribution >= 4 is 18.2 Å². The molecular formula is C23H26F4N4O3. The summed E-state index contributed by atoms with van der Waals surface area (Å²) in [5.74, 6) is -0.207. The van der Waals surface area contributed by atoms with Crippen molar-refractivity contribution in [2.24, 2.45) is 5.92 Å². The van der Waals surface area contributed by atoms with Crippen molar-refractivity contribution in [3.8, 4) is 11.3 Å². The third kappa shape index (κ3) is 7.16. The number of aldehydes is 2. The lowest BCUT2D eigenvalue weighted by Crippen LogP contribution is -2.24. The summed E-state index contributed by atoms with van der Waals surface area (Å²) >= 11 is 0. The highest BCUT2D eigenvalue weighted by Gasteiger charge is 2.35. The number of aliphatic hydroxyl groups excluding tert-OH is 1. The molecule has 0 radical (unpaired) electrons. The van der Waals surface area contributed by atoms with Gasteiger partial charge in [0.2, 0.25) is 0 Å². The highest BCUT2D eigenvalue weighted by Crippen LogP contribution is 2.32. The van der Waals surface area contributed by atoms with Crippen LogP contribution in [0.15, 0.2) is 36.4 Å². The van der Waals surface area contributed by atoms with Crippen LogP contribution in [0.5, 0.6) is 0 Å². The maximum absolute atomic E-state index is 13.2. The van der Waals surface area contributed by atoms with Gasteiger partial charge < -0.3 is 14.8 Å². The molecule has 1 N–H and O–H groups in total. The van der Waals surface area contributed by atoms with E-state index in [0.29, 0.717) is 22.3 Å². The van der Waals surface area contributed by atoms with Gasteiger partial charge in [-0.3, -0.25) is 4.79 Å².